The molecular formula is C14H23N3O3. The molecule has 112 valence electrons. The van der Waals surface area contributed by atoms with Crippen LogP contribution in [0.4, 0.5) is 0 Å². The van der Waals surface area contributed by atoms with Gasteiger partial charge >= 0.3 is 0 Å². The molecule has 0 aromatic carbocycles. The van der Waals surface area contributed by atoms with E-state index in [1.165, 1.54) is 0 Å². The molecule has 0 spiro atoms. The number of piperidine rings is 1. The van der Waals surface area contributed by atoms with Gasteiger partial charge in [0.15, 0.2) is 0 Å². The van der Waals surface area contributed by atoms with Crippen molar-refractivity contribution in [1.82, 2.24) is 10.6 Å². The number of amides is 2. The van der Waals surface area contributed by atoms with Crippen LogP contribution in [0, 0.1) is 11.3 Å². The Morgan fingerprint density at radius 1 is 1.45 bits per heavy atom. The third-order valence-electron chi connectivity index (χ3n) is 5.43. The molecule has 2 amide bonds. The zero-order chi connectivity index (χ0) is 14.5. The van der Waals surface area contributed by atoms with Crippen LogP contribution in [0.15, 0.2) is 0 Å². The zero-order valence-electron chi connectivity index (χ0n) is 12.1. The van der Waals surface area contributed by atoms with Gasteiger partial charge in [0.05, 0.1) is 6.10 Å². The molecule has 4 atom stereocenters. The summed E-state index contributed by atoms with van der Waals surface area (Å²) < 4.78 is 5.70. The summed E-state index contributed by atoms with van der Waals surface area (Å²) in [5.74, 6) is 0.0530. The van der Waals surface area contributed by atoms with Gasteiger partial charge in [-0.3, -0.25) is 9.59 Å². The monoisotopic (exact) mass is 281 g/mol. The minimum absolute atomic E-state index is 0.0159. The van der Waals surface area contributed by atoms with E-state index in [1.54, 1.807) is 0 Å². The average molecular weight is 281 g/mol. The van der Waals surface area contributed by atoms with Crippen LogP contribution in [-0.2, 0) is 14.3 Å². The van der Waals surface area contributed by atoms with Gasteiger partial charge in [-0.15, -0.1) is 0 Å². The Morgan fingerprint density at radius 2 is 2.20 bits per heavy atom. The number of nitrogens with two attached hydrogens (primary N) is 1. The minimum Gasteiger partial charge on any atom is -0.377 e. The van der Waals surface area contributed by atoms with Crippen molar-refractivity contribution < 1.29 is 14.3 Å². The predicted molar refractivity (Wildman–Crippen MR) is 72.7 cm³/mol. The van der Waals surface area contributed by atoms with Crippen molar-refractivity contribution in [3.63, 3.8) is 0 Å². The number of hydrogen-bond donors (Lipinski definition) is 3. The molecule has 0 bridgehead atoms. The number of carbonyl (C=O) groups is 2. The summed E-state index contributed by atoms with van der Waals surface area (Å²) in [6.45, 7) is 5.18. The molecule has 6 heteroatoms. The zero-order valence-corrected chi connectivity index (χ0v) is 12.1. The fourth-order valence-electron chi connectivity index (χ4n) is 4.01. The summed E-state index contributed by atoms with van der Waals surface area (Å²) in [5, 5.41) is 5.79. The summed E-state index contributed by atoms with van der Waals surface area (Å²) in [7, 11) is 0. The van der Waals surface area contributed by atoms with Crippen molar-refractivity contribution in [3.8, 4) is 0 Å². The Bertz CT molecular complexity index is 441. The molecule has 2 heterocycles. The van der Waals surface area contributed by atoms with E-state index in [2.05, 4.69) is 10.6 Å². The number of nitrogens with one attached hydrogen (secondary N) is 2. The summed E-state index contributed by atoms with van der Waals surface area (Å²) in [6, 6.07) is -0.0159. The second-order valence-corrected chi connectivity index (χ2v) is 6.79. The van der Waals surface area contributed by atoms with Crippen LogP contribution in [0.25, 0.3) is 0 Å². The van der Waals surface area contributed by atoms with Crippen molar-refractivity contribution in [2.75, 3.05) is 13.2 Å². The van der Waals surface area contributed by atoms with Gasteiger partial charge in [-0.2, -0.15) is 0 Å². The topological polar surface area (TPSA) is 93.4 Å². The third-order valence-corrected chi connectivity index (χ3v) is 5.43. The fraction of sp³-hybridized carbons (Fsp3) is 0.857. The summed E-state index contributed by atoms with van der Waals surface area (Å²) >= 11 is 0. The van der Waals surface area contributed by atoms with Crippen LogP contribution in [0.3, 0.4) is 0 Å². The van der Waals surface area contributed by atoms with Crippen LogP contribution in [-0.4, -0.2) is 42.7 Å². The molecule has 3 fully saturated rings. The number of ether oxygens (including phenoxy) is 1. The van der Waals surface area contributed by atoms with Crippen molar-refractivity contribution in [1.29, 1.82) is 0 Å². The van der Waals surface area contributed by atoms with E-state index in [0.29, 0.717) is 26.0 Å². The second-order valence-electron chi connectivity index (χ2n) is 6.79. The van der Waals surface area contributed by atoms with Gasteiger partial charge in [0, 0.05) is 36.9 Å². The molecule has 6 nitrogen and oxygen atoms in total. The van der Waals surface area contributed by atoms with Crippen molar-refractivity contribution in [2.45, 2.75) is 50.8 Å². The normalized spacial score (nSPS) is 42.4. The molecule has 2 aliphatic heterocycles. The predicted octanol–water partition coefficient (Wildman–Crippen LogP) is -0.476. The number of hydrogen-bond acceptors (Lipinski definition) is 4. The van der Waals surface area contributed by atoms with E-state index in [1.807, 2.05) is 13.8 Å². The fourth-order valence-corrected chi connectivity index (χ4v) is 4.01. The lowest BCUT2D eigenvalue weighted by Crippen LogP contribution is -2.80. The standard InChI is InChI=1S/C14H23N3O3/c1-13(2)11-9(5-6-20-11)14(13,15)12(19)17-8-3-4-10(18)16-7-8/h8-9,11H,3-7,15H2,1-2H3,(H,16,18)(H,17,19). The summed E-state index contributed by atoms with van der Waals surface area (Å²) in [4.78, 5) is 23.8. The molecule has 20 heavy (non-hydrogen) atoms. The lowest BCUT2D eigenvalue weighted by molar-refractivity contribution is -0.176. The molecule has 1 aliphatic carbocycles. The molecule has 2 saturated heterocycles. The molecule has 0 radical (unpaired) electrons. The van der Waals surface area contributed by atoms with E-state index >= 15 is 0 Å². The Labute approximate surface area is 118 Å². The van der Waals surface area contributed by atoms with E-state index in [0.717, 1.165) is 6.42 Å². The van der Waals surface area contributed by atoms with Crippen LogP contribution >= 0.6 is 0 Å². The molecule has 4 N–H and O–H groups in total. The summed E-state index contributed by atoms with van der Waals surface area (Å²) in [6.07, 6.45) is 2.07. The molecule has 0 aromatic rings. The molecule has 3 aliphatic rings. The lowest BCUT2D eigenvalue weighted by Gasteiger charge is -2.60. The van der Waals surface area contributed by atoms with E-state index in [9.17, 15) is 9.59 Å². The molecule has 1 saturated carbocycles. The SMILES string of the molecule is CC1(C)C2OCCC2C1(N)C(=O)NC1CCC(=O)NC1. The van der Waals surface area contributed by atoms with Gasteiger partial charge in [-0.1, -0.05) is 13.8 Å². The van der Waals surface area contributed by atoms with Gasteiger partial charge in [-0.05, 0) is 12.8 Å². The maximum absolute atomic E-state index is 12.7. The van der Waals surface area contributed by atoms with E-state index in [-0.39, 0.29) is 35.3 Å². The average Bonchev–Trinajstić information content (AvgIpc) is 2.88. The first-order valence-corrected chi connectivity index (χ1v) is 7.35. The third kappa shape index (κ3) is 1.71. The maximum Gasteiger partial charge on any atom is 0.241 e. The van der Waals surface area contributed by atoms with Crippen molar-refractivity contribution >= 4 is 11.8 Å². The van der Waals surface area contributed by atoms with Gasteiger partial charge in [0.25, 0.3) is 0 Å². The van der Waals surface area contributed by atoms with E-state index < -0.39 is 5.54 Å². The molecule has 3 rings (SSSR count). The first-order chi connectivity index (χ1) is 9.37. The van der Waals surface area contributed by atoms with Gasteiger partial charge in [0.2, 0.25) is 11.8 Å². The number of rotatable bonds is 2. The van der Waals surface area contributed by atoms with Gasteiger partial charge in [-0.25, -0.2) is 0 Å². The van der Waals surface area contributed by atoms with Crippen LogP contribution in [0.1, 0.15) is 33.1 Å². The second kappa shape index (κ2) is 4.43. The first kappa shape index (κ1) is 13.8. The molecule has 4 unspecified atom stereocenters. The minimum atomic E-state index is -0.865. The number of carbonyl (C=O) groups excluding carboxylic acids is 2. The number of fused-ring (bicyclic) bond motifs is 1. The smallest absolute Gasteiger partial charge is 0.241 e. The Kier molecular flexibility index (Phi) is 3.06. The maximum atomic E-state index is 12.7. The van der Waals surface area contributed by atoms with E-state index in [4.69, 9.17) is 10.5 Å². The van der Waals surface area contributed by atoms with Crippen LogP contribution in [0.5, 0.6) is 0 Å². The molecule has 0 aromatic heterocycles. The highest BCUT2D eigenvalue weighted by Crippen LogP contribution is 2.58. The Morgan fingerprint density at radius 3 is 2.85 bits per heavy atom. The lowest BCUT2D eigenvalue weighted by atomic mass is 9.48. The van der Waals surface area contributed by atoms with Gasteiger partial charge in [0.1, 0.15) is 5.54 Å². The highest BCUT2D eigenvalue weighted by molar-refractivity contribution is 5.90. The largest absolute Gasteiger partial charge is 0.377 e. The van der Waals surface area contributed by atoms with Crippen molar-refractivity contribution in [3.05, 3.63) is 0 Å². The highest BCUT2D eigenvalue weighted by atomic mass is 16.5. The van der Waals surface area contributed by atoms with Crippen LogP contribution in [0.2, 0.25) is 0 Å². The summed E-state index contributed by atoms with van der Waals surface area (Å²) in [5.41, 5.74) is 5.26. The quantitative estimate of drug-likeness (QED) is 0.637. The van der Waals surface area contributed by atoms with Crippen molar-refractivity contribution in [2.24, 2.45) is 17.1 Å². The van der Waals surface area contributed by atoms with Gasteiger partial charge < -0.3 is 21.1 Å². The Hall–Kier alpha value is -1.14. The Balaban J connectivity index is 1.69. The highest BCUT2D eigenvalue weighted by Gasteiger charge is 2.71. The molecular weight excluding hydrogens is 258 g/mol. The first-order valence-electron chi connectivity index (χ1n) is 7.35. The van der Waals surface area contributed by atoms with Crippen LogP contribution < -0.4 is 16.4 Å².